The number of rotatable bonds is 14. The molecule has 0 radical (unpaired) electrons. The molecule has 10 nitrogen and oxygen atoms in total. The van der Waals surface area contributed by atoms with Crippen molar-refractivity contribution in [3.63, 3.8) is 0 Å². The quantitative estimate of drug-likeness (QED) is 0.156. The van der Waals surface area contributed by atoms with Gasteiger partial charge in [-0.05, 0) is 60.4 Å². The molecule has 0 aliphatic carbocycles. The molecule has 0 spiro atoms. The van der Waals surface area contributed by atoms with E-state index < -0.39 is 35.7 Å². The van der Waals surface area contributed by atoms with E-state index in [1.165, 1.54) is 28.4 Å². The molecule has 0 heterocycles. The van der Waals surface area contributed by atoms with Gasteiger partial charge >= 0.3 is 23.9 Å². The van der Waals surface area contributed by atoms with E-state index in [1.807, 2.05) is 12.2 Å². The maximum absolute atomic E-state index is 11.8. The first-order valence-electron chi connectivity index (χ1n) is 11.7. The van der Waals surface area contributed by atoms with Crippen LogP contribution in [0, 0.1) is 11.8 Å². The summed E-state index contributed by atoms with van der Waals surface area (Å²) < 4.78 is 30.0. The summed E-state index contributed by atoms with van der Waals surface area (Å²) in [6, 6.07) is 14.1. The van der Waals surface area contributed by atoms with Crippen molar-refractivity contribution in [3.05, 3.63) is 71.8 Å². The summed E-state index contributed by atoms with van der Waals surface area (Å²) in [5.41, 5.74) is 1.53. The number of esters is 4. The van der Waals surface area contributed by atoms with Gasteiger partial charge in [0.1, 0.15) is 24.7 Å². The molecule has 2 aromatic carbocycles. The number of methoxy groups -OCH3 is 4. The zero-order chi connectivity index (χ0) is 27.9. The summed E-state index contributed by atoms with van der Waals surface area (Å²) >= 11 is 0. The van der Waals surface area contributed by atoms with Crippen molar-refractivity contribution in [2.75, 3.05) is 41.7 Å². The van der Waals surface area contributed by atoms with Crippen LogP contribution in [-0.4, -0.2) is 65.5 Å². The highest BCUT2D eigenvalue weighted by molar-refractivity contribution is 5.95. The van der Waals surface area contributed by atoms with Gasteiger partial charge in [-0.25, -0.2) is 0 Å². The predicted molar refractivity (Wildman–Crippen MR) is 135 cm³/mol. The Morgan fingerprint density at radius 1 is 0.553 bits per heavy atom. The first kappa shape index (κ1) is 29.9. The first-order chi connectivity index (χ1) is 18.3. The monoisotopic (exact) mass is 528 g/mol. The zero-order valence-electron chi connectivity index (χ0n) is 21.8. The molecule has 0 N–H and O–H groups in total. The third-order valence-electron chi connectivity index (χ3n) is 5.53. The number of carbonyl (C=O) groups is 4. The maximum Gasteiger partial charge on any atom is 0.320 e. The number of carbonyl (C=O) groups excluding carboxylic acids is 4. The Morgan fingerprint density at radius 3 is 1.11 bits per heavy atom. The van der Waals surface area contributed by atoms with Gasteiger partial charge in [-0.1, -0.05) is 24.3 Å². The van der Waals surface area contributed by atoms with Gasteiger partial charge in [0.05, 0.1) is 28.4 Å². The third kappa shape index (κ3) is 9.27. The number of ether oxygens (including phenoxy) is 6. The van der Waals surface area contributed by atoms with Gasteiger partial charge in [0.15, 0.2) is 11.8 Å². The molecule has 0 fully saturated rings. The summed E-state index contributed by atoms with van der Waals surface area (Å²) in [4.78, 5) is 47.3. The van der Waals surface area contributed by atoms with E-state index in [2.05, 4.69) is 18.9 Å². The van der Waals surface area contributed by atoms with Crippen LogP contribution >= 0.6 is 0 Å². The normalized spacial score (nSPS) is 10.8. The van der Waals surface area contributed by atoms with Crippen LogP contribution in [0.25, 0.3) is 0 Å². The van der Waals surface area contributed by atoms with Crippen LogP contribution in [0.5, 0.6) is 11.5 Å². The molecule has 2 rings (SSSR count). The van der Waals surface area contributed by atoms with Gasteiger partial charge in [0, 0.05) is 0 Å². The van der Waals surface area contributed by atoms with Gasteiger partial charge in [-0.15, -0.1) is 0 Å². The van der Waals surface area contributed by atoms with Crippen LogP contribution in [0.1, 0.15) is 11.1 Å². The van der Waals surface area contributed by atoms with Crippen molar-refractivity contribution >= 4 is 23.9 Å². The van der Waals surface area contributed by atoms with E-state index in [0.29, 0.717) is 24.7 Å². The zero-order valence-corrected chi connectivity index (χ0v) is 21.8. The Morgan fingerprint density at radius 2 is 0.842 bits per heavy atom. The minimum absolute atomic E-state index is 0.162. The lowest BCUT2D eigenvalue weighted by molar-refractivity contribution is -0.160. The molecule has 204 valence electrons. The van der Waals surface area contributed by atoms with Crippen molar-refractivity contribution in [3.8, 4) is 11.5 Å². The van der Waals surface area contributed by atoms with E-state index in [-0.39, 0.29) is 12.8 Å². The van der Waals surface area contributed by atoms with Gasteiger partial charge in [-0.2, -0.15) is 0 Å². The average molecular weight is 529 g/mol. The molecule has 0 aliphatic rings. The maximum atomic E-state index is 11.8. The molecule has 0 bridgehead atoms. The molecular formula is C28H32O10. The summed E-state index contributed by atoms with van der Waals surface area (Å²) in [5, 5.41) is 0. The largest absolute Gasteiger partial charge is 0.490 e. The highest BCUT2D eigenvalue weighted by Gasteiger charge is 2.29. The summed E-state index contributed by atoms with van der Waals surface area (Å²) in [5.74, 6) is -3.38. The van der Waals surface area contributed by atoms with E-state index in [0.717, 1.165) is 11.1 Å². The second kappa shape index (κ2) is 15.7. The second-order valence-corrected chi connectivity index (χ2v) is 7.99. The lowest BCUT2D eigenvalue weighted by Gasteiger charge is -2.13. The van der Waals surface area contributed by atoms with Crippen molar-refractivity contribution in [2.24, 2.45) is 11.8 Å². The van der Waals surface area contributed by atoms with Crippen molar-refractivity contribution < 1.29 is 47.6 Å². The van der Waals surface area contributed by atoms with Crippen LogP contribution < -0.4 is 9.47 Å². The third-order valence-corrected chi connectivity index (χ3v) is 5.53. The lowest BCUT2D eigenvalue weighted by Crippen LogP contribution is -2.28. The van der Waals surface area contributed by atoms with E-state index in [9.17, 15) is 19.2 Å². The first-order valence-corrected chi connectivity index (χ1v) is 11.7. The molecule has 0 aliphatic heterocycles. The van der Waals surface area contributed by atoms with Crippen molar-refractivity contribution in [1.82, 2.24) is 0 Å². The standard InChI is InChI=1S/C28H32O10/c1-33-25(29)23(26(30)34-2)17-19-7-11-21(12-8-19)37-15-5-6-16-38-22-13-9-20(10-14-22)18-24(27(31)35-3)28(32)36-4/h5-14,23-24H,15-18H2,1-4H3. The second-order valence-electron chi connectivity index (χ2n) is 7.99. The summed E-state index contributed by atoms with van der Waals surface area (Å²) in [6.45, 7) is 0.633. The Balaban J connectivity index is 1.78. The molecule has 0 atom stereocenters. The Bertz CT molecular complexity index is 970. The van der Waals surface area contributed by atoms with E-state index in [4.69, 9.17) is 9.47 Å². The van der Waals surface area contributed by atoms with Crippen LogP contribution in [0.3, 0.4) is 0 Å². The van der Waals surface area contributed by atoms with Gasteiger partial charge in [0.2, 0.25) is 0 Å². The highest BCUT2D eigenvalue weighted by atomic mass is 16.6. The molecular weight excluding hydrogens is 496 g/mol. The molecule has 2 aromatic rings. The van der Waals surface area contributed by atoms with E-state index in [1.54, 1.807) is 48.5 Å². The number of benzene rings is 2. The minimum atomic E-state index is -1.02. The van der Waals surface area contributed by atoms with Gasteiger partial charge < -0.3 is 28.4 Å². The lowest BCUT2D eigenvalue weighted by atomic mass is 9.99. The molecule has 38 heavy (non-hydrogen) atoms. The average Bonchev–Trinajstić information content (AvgIpc) is 2.96. The van der Waals surface area contributed by atoms with Gasteiger partial charge in [0.25, 0.3) is 0 Å². The molecule has 0 aromatic heterocycles. The summed E-state index contributed by atoms with van der Waals surface area (Å²) in [7, 11) is 4.90. The fourth-order valence-corrected chi connectivity index (χ4v) is 3.43. The minimum Gasteiger partial charge on any atom is -0.490 e. The van der Waals surface area contributed by atoms with Crippen molar-refractivity contribution in [1.29, 1.82) is 0 Å². The predicted octanol–water partition coefficient (Wildman–Crippen LogP) is 2.71. The van der Waals surface area contributed by atoms with Gasteiger partial charge in [-0.3, -0.25) is 19.2 Å². The SMILES string of the molecule is COC(=O)C(Cc1ccc(OCC=CCOc2ccc(CC(C(=O)OC)C(=O)OC)cc2)cc1)C(=O)OC. The van der Waals surface area contributed by atoms with E-state index >= 15 is 0 Å². The molecule has 0 saturated heterocycles. The van der Waals surface area contributed by atoms with Crippen molar-refractivity contribution in [2.45, 2.75) is 12.8 Å². The van der Waals surface area contributed by atoms with Crippen LogP contribution in [-0.2, 0) is 51.0 Å². The summed E-state index contributed by atoms with van der Waals surface area (Å²) in [6.07, 6.45) is 3.94. The van der Waals surface area contributed by atoms with Crippen LogP contribution in [0.2, 0.25) is 0 Å². The molecule has 0 saturated carbocycles. The van der Waals surface area contributed by atoms with Crippen LogP contribution in [0.15, 0.2) is 60.7 Å². The van der Waals surface area contributed by atoms with Crippen LogP contribution in [0.4, 0.5) is 0 Å². The fraction of sp³-hybridized carbons (Fsp3) is 0.357. The molecule has 0 amide bonds. The highest BCUT2D eigenvalue weighted by Crippen LogP contribution is 2.18. The number of hydrogen-bond donors (Lipinski definition) is 0. The Kier molecular flexibility index (Phi) is 12.4. The molecule has 10 heteroatoms. The fourth-order valence-electron chi connectivity index (χ4n) is 3.43. The topological polar surface area (TPSA) is 124 Å². The Hall–Kier alpha value is -4.34. The Labute approximate surface area is 221 Å². The number of hydrogen-bond acceptors (Lipinski definition) is 10. The molecule has 0 unspecified atom stereocenters. The smallest absolute Gasteiger partial charge is 0.320 e.